The van der Waals surface area contributed by atoms with Gasteiger partial charge >= 0.3 is 0 Å². The monoisotopic (exact) mass is 512 g/mol. The van der Waals surface area contributed by atoms with E-state index in [9.17, 15) is 4.21 Å². The Bertz CT molecular complexity index is 1050. The predicted molar refractivity (Wildman–Crippen MR) is 152 cm³/mol. The summed E-state index contributed by atoms with van der Waals surface area (Å²) in [6.07, 6.45) is 16.6. The van der Waals surface area contributed by atoms with Crippen molar-refractivity contribution >= 4 is 22.4 Å². The summed E-state index contributed by atoms with van der Waals surface area (Å²) < 4.78 is 19.6. The van der Waals surface area contributed by atoms with Gasteiger partial charge in [-0.25, -0.2) is 4.98 Å². The summed E-state index contributed by atoms with van der Waals surface area (Å²) in [6.45, 7) is 16.2. The van der Waals surface area contributed by atoms with Crippen LogP contribution in [-0.4, -0.2) is 38.4 Å². The van der Waals surface area contributed by atoms with Gasteiger partial charge in [-0.1, -0.05) is 52.8 Å². The van der Waals surface area contributed by atoms with Gasteiger partial charge in [0.15, 0.2) is 0 Å². The Balaban J connectivity index is 0.00000145. The van der Waals surface area contributed by atoms with Gasteiger partial charge in [0.2, 0.25) is 0 Å². The molecule has 198 valence electrons. The first-order valence-electron chi connectivity index (χ1n) is 13.2. The highest BCUT2D eigenvalue weighted by atomic mass is 32.2. The van der Waals surface area contributed by atoms with E-state index in [1.165, 1.54) is 6.42 Å². The van der Waals surface area contributed by atoms with Crippen molar-refractivity contribution in [3.8, 4) is 0 Å². The van der Waals surface area contributed by atoms with E-state index in [0.717, 1.165) is 67.0 Å². The molecule has 3 heterocycles. The highest BCUT2D eigenvalue weighted by Gasteiger charge is 2.23. The molecule has 2 aromatic heterocycles. The second-order valence-electron chi connectivity index (χ2n) is 8.86. The molecule has 2 aromatic rings. The van der Waals surface area contributed by atoms with Gasteiger partial charge in [-0.15, -0.1) is 0 Å². The van der Waals surface area contributed by atoms with Crippen LogP contribution in [0.3, 0.4) is 0 Å². The number of nitrogens with one attached hydrogen (secondary N) is 1. The van der Waals surface area contributed by atoms with E-state index in [1.54, 1.807) is 12.5 Å². The molecule has 1 aliphatic rings. The van der Waals surface area contributed by atoms with Crippen LogP contribution in [0.25, 0.3) is 11.6 Å². The quantitative estimate of drug-likeness (QED) is 0.352. The summed E-state index contributed by atoms with van der Waals surface area (Å²) >= 11 is 0. The van der Waals surface area contributed by atoms with Crippen LogP contribution in [0.2, 0.25) is 0 Å². The van der Waals surface area contributed by atoms with Gasteiger partial charge in [-0.2, -0.15) is 5.10 Å². The second kappa shape index (κ2) is 15.6. The normalized spacial score (nSPS) is 16.6. The molecule has 2 unspecified atom stereocenters. The van der Waals surface area contributed by atoms with Gasteiger partial charge in [0.05, 0.1) is 34.8 Å². The summed E-state index contributed by atoms with van der Waals surface area (Å²) in [6, 6.07) is 4.34. The summed E-state index contributed by atoms with van der Waals surface area (Å²) in [4.78, 5) is 4.25. The van der Waals surface area contributed by atoms with Crippen molar-refractivity contribution in [1.82, 2.24) is 20.1 Å². The minimum Gasteiger partial charge on any atom is -0.381 e. The number of hydrogen-bond acceptors (Lipinski definition) is 5. The Labute approximate surface area is 220 Å². The van der Waals surface area contributed by atoms with Crippen molar-refractivity contribution in [1.29, 1.82) is 0 Å². The maximum atomic E-state index is 12.0. The zero-order chi connectivity index (χ0) is 26.5. The molecule has 6 nitrogen and oxygen atoms in total. The molecule has 0 aliphatic carbocycles. The van der Waals surface area contributed by atoms with Crippen LogP contribution in [0.4, 0.5) is 0 Å². The van der Waals surface area contributed by atoms with Crippen LogP contribution in [-0.2, 0) is 15.5 Å². The average Bonchev–Trinajstić information content (AvgIpc) is 3.32. The van der Waals surface area contributed by atoms with Crippen LogP contribution >= 0.6 is 0 Å². The standard InChI is InChI=1S/C26H36N4O2S.C3H8/c1-6-10-24(29-23(8-3)19-11-14-27-26(17-19)33(5)31)21(7-2)22-18-28-30(25(22)9-4)20-12-15-32-16-13-20;1-3-2/h7,9-11,14,17-18,20,23,29H,4,6,8,12-13,15-16H2,1-3,5H3;3H2,1-2H3/b21-7+,24-10+;. The minimum atomic E-state index is -1.11. The molecule has 7 heteroatoms. The molecule has 1 saturated heterocycles. The molecule has 1 fully saturated rings. The number of ether oxygens (including phenoxy) is 1. The molecule has 3 rings (SSSR count). The van der Waals surface area contributed by atoms with Crippen molar-refractivity contribution in [2.45, 2.75) is 83.8 Å². The number of allylic oxidation sites excluding steroid dienone is 3. The Morgan fingerprint density at radius 2 is 2.00 bits per heavy atom. The third-order valence-electron chi connectivity index (χ3n) is 6.04. The maximum absolute atomic E-state index is 12.0. The fourth-order valence-corrected chi connectivity index (χ4v) is 4.83. The minimum absolute atomic E-state index is 0.0702. The molecule has 1 N–H and O–H groups in total. The van der Waals surface area contributed by atoms with E-state index in [1.807, 2.05) is 24.4 Å². The molecule has 0 saturated carbocycles. The summed E-state index contributed by atoms with van der Waals surface area (Å²) in [5, 5.41) is 9.12. The lowest BCUT2D eigenvalue weighted by Gasteiger charge is -2.25. The number of hydrogen-bond donors (Lipinski definition) is 1. The van der Waals surface area contributed by atoms with Crippen LogP contribution < -0.4 is 5.32 Å². The number of pyridine rings is 1. The van der Waals surface area contributed by atoms with Crippen LogP contribution in [0, 0.1) is 0 Å². The topological polar surface area (TPSA) is 69.0 Å². The second-order valence-corrected chi connectivity index (χ2v) is 10.2. The van der Waals surface area contributed by atoms with Crippen LogP contribution in [0.15, 0.2) is 54.0 Å². The fourth-order valence-electron chi connectivity index (χ4n) is 4.32. The Hall–Kier alpha value is -2.51. The number of rotatable bonds is 10. The Morgan fingerprint density at radius 1 is 1.31 bits per heavy atom. The van der Waals surface area contributed by atoms with E-state index in [0.29, 0.717) is 11.1 Å². The van der Waals surface area contributed by atoms with Crippen molar-refractivity contribution < 1.29 is 8.95 Å². The zero-order valence-corrected chi connectivity index (χ0v) is 23.7. The average molecular weight is 513 g/mol. The van der Waals surface area contributed by atoms with Gasteiger partial charge in [0.1, 0.15) is 5.03 Å². The van der Waals surface area contributed by atoms with Gasteiger partial charge in [0.25, 0.3) is 0 Å². The molecular weight excluding hydrogens is 468 g/mol. The molecular formula is C29H44N4O2S. The molecule has 2 atom stereocenters. The lowest BCUT2D eigenvalue weighted by molar-refractivity contribution is 0.0660. The molecule has 0 aromatic carbocycles. The van der Waals surface area contributed by atoms with Gasteiger partial charge in [-0.05, 0) is 56.4 Å². The summed E-state index contributed by atoms with van der Waals surface area (Å²) in [5.74, 6) is 0. The highest BCUT2D eigenvalue weighted by molar-refractivity contribution is 7.84. The lowest BCUT2D eigenvalue weighted by atomic mass is 9.98. The van der Waals surface area contributed by atoms with Crippen LogP contribution in [0.1, 0.15) is 95.6 Å². The van der Waals surface area contributed by atoms with E-state index in [4.69, 9.17) is 9.84 Å². The van der Waals surface area contributed by atoms with Crippen molar-refractivity contribution in [3.05, 3.63) is 65.8 Å². The van der Waals surface area contributed by atoms with E-state index in [-0.39, 0.29) is 6.04 Å². The molecule has 0 bridgehead atoms. The molecule has 0 spiro atoms. The summed E-state index contributed by atoms with van der Waals surface area (Å²) in [7, 11) is -1.11. The molecule has 36 heavy (non-hydrogen) atoms. The summed E-state index contributed by atoms with van der Waals surface area (Å²) in [5.41, 5.74) is 5.37. The van der Waals surface area contributed by atoms with E-state index >= 15 is 0 Å². The zero-order valence-electron chi connectivity index (χ0n) is 22.9. The number of nitrogens with zero attached hydrogens (tertiary/aromatic N) is 3. The first kappa shape index (κ1) is 29.7. The highest BCUT2D eigenvalue weighted by Crippen LogP contribution is 2.32. The first-order chi connectivity index (χ1) is 17.4. The van der Waals surface area contributed by atoms with Gasteiger partial charge in [-0.3, -0.25) is 8.89 Å². The van der Waals surface area contributed by atoms with E-state index in [2.05, 4.69) is 68.3 Å². The third kappa shape index (κ3) is 7.74. The van der Waals surface area contributed by atoms with Crippen molar-refractivity contribution in [2.75, 3.05) is 19.5 Å². The van der Waals surface area contributed by atoms with E-state index < -0.39 is 10.8 Å². The SMILES string of the molecule is C=Cc1c(C(=C\C)/C(=C\CC)NC(CC)c2ccnc(S(C)=O)c2)cnn1C1CCOCC1.CCC. The molecule has 0 amide bonds. The maximum Gasteiger partial charge on any atom is 0.127 e. The van der Waals surface area contributed by atoms with Crippen molar-refractivity contribution in [2.24, 2.45) is 0 Å². The Kier molecular flexibility index (Phi) is 12.9. The molecule has 0 radical (unpaired) electrons. The lowest BCUT2D eigenvalue weighted by Crippen LogP contribution is -2.22. The van der Waals surface area contributed by atoms with Gasteiger partial charge < -0.3 is 10.1 Å². The Morgan fingerprint density at radius 3 is 2.56 bits per heavy atom. The first-order valence-corrected chi connectivity index (χ1v) is 14.7. The molecule has 1 aliphatic heterocycles. The third-order valence-corrected chi connectivity index (χ3v) is 6.85. The largest absolute Gasteiger partial charge is 0.381 e. The van der Waals surface area contributed by atoms with Gasteiger partial charge in [0, 0.05) is 42.5 Å². The van der Waals surface area contributed by atoms with Crippen molar-refractivity contribution in [3.63, 3.8) is 0 Å². The predicted octanol–water partition coefficient (Wildman–Crippen LogP) is 6.86. The number of aromatic nitrogens is 3. The van der Waals surface area contributed by atoms with Crippen LogP contribution in [0.5, 0.6) is 0 Å². The fraction of sp³-hybridized carbons (Fsp3) is 0.517. The smallest absolute Gasteiger partial charge is 0.127 e.